The summed E-state index contributed by atoms with van der Waals surface area (Å²) in [6.07, 6.45) is 7.24. The molecule has 0 aliphatic rings. The van der Waals surface area contributed by atoms with Crippen LogP contribution in [0.5, 0.6) is 0 Å². The van der Waals surface area contributed by atoms with Crippen LogP contribution in [0.25, 0.3) is 10.9 Å². The topological polar surface area (TPSA) is 48.8 Å². The fourth-order valence-electron chi connectivity index (χ4n) is 2.99. The van der Waals surface area contributed by atoms with Gasteiger partial charge in [0.1, 0.15) is 5.82 Å². The monoisotopic (exact) mass is 296 g/mol. The number of nitrogens with two attached hydrogens (primary N) is 1. The lowest BCUT2D eigenvalue weighted by Crippen LogP contribution is -2.07. The molecule has 4 heteroatoms. The Bertz CT molecular complexity index is 751. The van der Waals surface area contributed by atoms with Crippen LogP contribution in [0.2, 0.25) is 0 Å². The van der Waals surface area contributed by atoms with E-state index in [4.69, 9.17) is 5.73 Å². The van der Waals surface area contributed by atoms with Crippen molar-refractivity contribution in [3.63, 3.8) is 0 Å². The molecule has 0 saturated carbocycles. The van der Waals surface area contributed by atoms with Gasteiger partial charge in [0.05, 0.1) is 0 Å². The number of aromatic nitrogens is 3. The molecule has 0 unspecified atom stereocenters. The van der Waals surface area contributed by atoms with E-state index in [1.54, 1.807) is 0 Å². The molecule has 2 heterocycles. The molecule has 0 radical (unpaired) electrons. The van der Waals surface area contributed by atoms with E-state index in [2.05, 4.69) is 64.6 Å². The van der Waals surface area contributed by atoms with Crippen molar-refractivity contribution in [3.05, 3.63) is 54.2 Å². The van der Waals surface area contributed by atoms with Crippen molar-refractivity contribution in [1.29, 1.82) is 0 Å². The second-order valence-electron chi connectivity index (χ2n) is 6.09. The number of hydrogen-bond donors (Lipinski definition) is 1. The molecular formula is C18H24N4. The highest BCUT2D eigenvalue weighted by Crippen LogP contribution is 2.18. The van der Waals surface area contributed by atoms with Gasteiger partial charge in [-0.25, -0.2) is 4.98 Å². The first-order valence-electron chi connectivity index (χ1n) is 7.98. The Morgan fingerprint density at radius 3 is 2.68 bits per heavy atom. The van der Waals surface area contributed by atoms with Crippen molar-refractivity contribution in [3.8, 4) is 0 Å². The Morgan fingerprint density at radius 2 is 1.91 bits per heavy atom. The zero-order valence-corrected chi connectivity index (χ0v) is 13.4. The molecule has 0 saturated heterocycles. The Balaban J connectivity index is 1.68. The predicted molar refractivity (Wildman–Crippen MR) is 90.8 cm³/mol. The van der Waals surface area contributed by atoms with E-state index in [-0.39, 0.29) is 0 Å². The second kappa shape index (κ2) is 6.36. The summed E-state index contributed by atoms with van der Waals surface area (Å²) in [6, 6.07) is 8.64. The highest BCUT2D eigenvalue weighted by Gasteiger charge is 2.07. The van der Waals surface area contributed by atoms with Gasteiger partial charge in [-0.2, -0.15) is 0 Å². The minimum Gasteiger partial charge on any atom is -0.347 e. The standard InChI is InChI=1S/C18H24N4/c1-14(2)18-20-7-11-22(18)9-3-8-21-10-6-16-12-15(13-19)4-5-17(16)21/h4-7,10-12,14H,3,8-9,13,19H2,1-2H3. The predicted octanol–water partition coefficient (Wildman–Crippen LogP) is 3.51. The van der Waals surface area contributed by atoms with Crippen molar-refractivity contribution in [1.82, 2.24) is 14.1 Å². The minimum atomic E-state index is 0.470. The van der Waals surface area contributed by atoms with E-state index in [0.717, 1.165) is 19.5 Å². The molecule has 0 atom stereocenters. The van der Waals surface area contributed by atoms with Crippen LogP contribution in [0.4, 0.5) is 0 Å². The zero-order chi connectivity index (χ0) is 15.5. The zero-order valence-electron chi connectivity index (χ0n) is 13.4. The van der Waals surface area contributed by atoms with E-state index < -0.39 is 0 Å². The fourth-order valence-corrected chi connectivity index (χ4v) is 2.99. The third kappa shape index (κ3) is 2.92. The van der Waals surface area contributed by atoms with Gasteiger partial charge in [-0.05, 0) is 35.6 Å². The Morgan fingerprint density at radius 1 is 1.09 bits per heavy atom. The third-order valence-electron chi connectivity index (χ3n) is 4.13. The summed E-state index contributed by atoms with van der Waals surface area (Å²) in [6.45, 7) is 7.00. The van der Waals surface area contributed by atoms with Gasteiger partial charge in [0.25, 0.3) is 0 Å². The maximum atomic E-state index is 5.71. The molecule has 3 aromatic rings. The van der Waals surface area contributed by atoms with Crippen molar-refractivity contribution in [2.75, 3.05) is 0 Å². The lowest BCUT2D eigenvalue weighted by atomic mass is 10.1. The maximum absolute atomic E-state index is 5.71. The molecule has 116 valence electrons. The SMILES string of the molecule is CC(C)c1nccn1CCCn1ccc2cc(CN)ccc21. The summed E-state index contributed by atoms with van der Waals surface area (Å²) >= 11 is 0. The van der Waals surface area contributed by atoms with Gasteiger partial charge in [-0.3, -0.25) is 0 Å². The van der Waals surface area contributed by atoms with Crippen LogP contribution in [-0.2, 0) is 19.6 Å². The highest BCUT2D eigenvalue weighted by molar-refractivity contribution is 5.80. The van der Waals surface area contributed by atoms with E-state index in [1.165, 1.54) is 22.3 Å². The molecule has 0 bridgehead atoms. The number of hydrogen-bond acceptors (Lipinski definition) is 2. The molecule has 0 aliphatic heterocycles. The fraction of sp³-hybridized carbons (Fsp3) is 0.389. The minimum absolute atomic E-state index is 0.470. The normalized spacial score (nSPS) is 11.6. The quantitative estimate of drug-likeness (QED) is 0.756. The largest absolute Gasteiger partial charge is 0.347 e. The van der Waals surface area contributed by atoms with Gasteiger partial charge in [0.15, 0.2) is 0 Å². The summed E-state index contributed by atoms with van der Waals surface area (Å²) in [5, 5.41) is 1.27. The van der Waals surface area contributed by atoms with Crippen molar-refractivity contribution in [2.24, 2.45) is 5.73 Å². The molecule has 2 aromatic heterocycles. The maximum Gasteiger partial charge on any atom is 0.111 e. The van der Waals surface area contributed by atoms with Gasteiger partial charge < -0.3 is 14.9 Å². The van der Waals surface area contributed by atoms with Crippen LogP contribution >= 0.6 is 0 Å². The molecule has 0 amide bonds. The summed E-state index contributed by atoms with van der Waals surface area (Å²) in [4.78, 5) is 4.44. The Kier molecular flexibility index (Phi) is 4.29. The van der Waals surface area contributed by atoms with Gasteiger partial charge in [-0.1, -0.05) is 19.9 Å². The summed E-state index contributed by atoms with van der Waals surface area (Å²) in [5.41, 5.74) is 8.17. The van der Waals surface area contributed by atoms with Gasteiger partial charge >= 0.3 is 0 Å². The summed E-state index contributed by atoms with van der Waals surface area (Å²) < 4.78 is 4.59. The molecular weight excluding hydrogens is 272 g/mol. The van der Waals surface area contributed by atoms with Crippen molar-refractivity contribution < 1.29 is 0 Å². The molecule has 1 aromatic carbocycles. The number of rotatable bonds is 6. The van der Waals surface area contributed by atoms with E-state index >= 15 is 0 Å². The van der Waals surface area contributed by atoms with Crippen molar-refractivity contribution >= 4 is 10.9 Å². The van der Waals surface area contributed by atoms with E-state index in [9.17, 15) is 0 Å². The van der Waals surface area contributed by atoms with Crippen LogP contribution in [0.3, 0.4) is 0 Å². The van der Waals surface area contributed by atoms with Gasteiger partial charge in [0.2, 0.25) is 0 Å². The number of nitrogens with zero attached hydrogens (tertiary/aromatic N) is 3. The molecule has 0 spiro atoms. The number of benzene rings is 1. The average molecular weight is 296 g/mol. The first kappa shape index (κ1) is 14.9. The lowest BCUT2D eigenvalue weighted by molar-refractivity contribution is 0.545. The summed E-state index contributed by atoms with van der Waals surface area (Å²) in [5.74, 6) is 1.64. The number of imidazole rings is 1. The molecule has 4 nitrogen and oxygen atoms in total. The smallest absolute Gasteiger partial charge is 0.111 e. The van der Waals surface area contributed by atoms with Crippen LogP contribution in [0, 0.1) is 0 Å². The number of fused-ring (bicyclic) bond motifs is 1. The lowest BCUT2D eigenvalue weighted by Gasteiger charge is -2.11. The molecule has 0 fully saturated rings. The van der Waals surface area contributed by atoms with Gasteiger partial charge in [-0.15, -0.1) is 0 Å². The number of aryl methyl sites for hydroxylation is 2. The Labute approximate surface area is 131 Å². The first-order valence-corrected chi connectivity index (χ1v) is 7.98. The van der Waals surface area contributed by atoms with Gasteiger partial charge in [0, 0.05) is 49.7 Å². The van der Waals surface area contributed by atoms with Crippen LogP contribution in [-0.4, -0.2) is 14.1 Å². The summed E-state index contributed by atoms with van der Waals surface area (Å²) in [7, 11) is 0. The third-order valence-corrected chi connectivity index (χ3v) is 4.13. The van der Waals surface area contributed by atoms with E-state index in [1.807, 2.05) is 6.20 Å². The second-order valence-corrected chi connectivity index (χ2v) is 6.09. The highest BCUT2D eigenvalue weighted by atomic mass is 15.1. The molecule has 3 rings (SSSR count). The van der Waals surface area contributed by atoms with E-state index in [0.29, 0.717) is 12.5 Å². The molecule has 2 N–H and O–H groups in total. The van der Waals surface area contributed by atoms with Crippen molar-refractivity contribution in [2.45, 2.75) is 45.8 Å². The Hall–Kier alpha value is -2.07. The average Bonchev–Trinajstić information content (AvgIpc) is 3.14. The molecule has 0 aliphatic carbocycles. The van der Waals surface area contributed by atoms with Crippen LogP contribution in [0.15, 0.2) is 42.9 Å². The molecule has 22 heavy (non-hydrogen) atoms. The van der Waals surface area contributed by atoms with Crippen LogP contribution < -0.4 is 5.73 Å². The first-order chi connectivity index (χ1) is 10.7. The van der Waals surface area contributed by atoms with Crippen LogP contribution in [0.1, 0.15) is 37.6 Å².